The number of aryl methyl sites for hydroxylation is 1. The number of hydrogen-bond donors (Lipinski definition) is 1. The SMILES string of the molecule is C#CC(C)NC(C)c1ncn(C)n1. The van der Waals surface area contributed by atoms with Gasteiger partial charge in [0.1, 0.15) is 6.33 Å². The van der Waals surface area contributed by atoms with Crippen molar-refractivity contribution in [3.63, 3.8) is 0 Å². The molecule has 1 heterocycles. The summed E-state index contributed by atoms with van der Waals surface area (Å²) in [5.41, 5.74) is 0. The molecule has 0 aliphatic rings. The van der Waals surface area contributed by atoms with Crippen molar-refractivity contribution in [1.29, 1.82) is 0 Å². The van der Waals surface area contributed by atoms with Gasteiger partial charge >= 0.3 is 0 Å². The van der Waals surface area contributed by atoms with Gasteiger partial charge in [0.15, 0.2) is 5.82 Å². The molecule has 0 radical (unpaired) electrons. The van der Waals surface area contributed by atoms with Gasteiger partial charge in [-0.3, -0.25) is 10.00 Å². The second kappa shape index (κ2) is 4.06. The molecular formula is C9H14N4. The Kier molecular flexibility index (Phi) is 3.04. The van der Waals surface area contributed by atoms with Crippen LogP contribution in [0.4, 0.5) is 0 Å². The summed E-state index contributed by atoms with van der Waals surface area (Å²) < 4.78 is 1.67. The average molecular weight is 178 g/mol. The van der Waals surface area contributed by atoms with Crippen molar-refractivity contribution < 1.29 is 0 Å². The van der Waals surface area contributed by atoms with E-state index < -0.39 is 0 Å². The second-order valence-electron chi connectivity index (χ2n) is 3.05. The zero-order valence-corrected chi connectivity index (χ0v) is 8.15. The third kappa shape index (κ3) is 2.56. The van der Waals surface area contributed by atoms with E-state index in [0.29, 0.717) is 0 Å². The first-order valence-corrected chi connectivity index (χ1v) is 4.21. The van der Waals surface area contributed by atoms with Crippen LogP contribution in [0.2, 0.25) is 0 Å². The summed E-state index contributed by atoms with van der Waals surface area (Å²) >= 11 is 0. The first-order valence-electron chi connectivity index (χ1n) is 4.21. The molecule has 0 aliphatic carbocycles. The second-order valence-corrected chi connectivity index (χ2v) is 3.05. The summed E-state index contributed by atoms with van der Waals surface area (Å²) in [5, 5.41) is 7.36. The average Bonchev–Trinajstić information content (AvgIpc) is 2.51. The molecule has 0 saturated carbocycles. The summed E-state index contributed by atoms with van der Waals surface area (Å²) in [6.07, 6.45) is 6.92. The summed E-state index contributed by atoms with van der Waals surface area (Å²) in [4.78, 5) is 4.12. The number of hydrogen-bond acceptors (Lipinski definition) is 3. The monoisotopic (exact) mass is 178 g/mol. The number of aromatic nitrogens is 3. The van der Waals surface area contributed by atoms with E-state index in [9.17, 15) is 0 Å². The van der Waals surface area contributed by atoms with Gasteiger partial charge in [-0.15, -0.1) is 6.42 Å². The minimum Gasteiger partial charge on any atom is -0.294 e. The van der Waals surface area contributed by atoms with Crippen molar-refractivity contribution in [2.75, 3.05) is 0 Å². The largest absolute Gasteiger partial charge is 0.294 e. The van der Waals surface area contributed by atoms with Gasteiger partial charge in [0.25, 0.3) is 0 Å². The van der Waals surface area contributed by atoms with Crippen LogP contribution in [-0.2, 0) is 7.05 Å². The van der Waals surface area contributed by atoms with Crippen molar-refractivity contribution in [3.05, 3.63) is 12.2 Å². The molecule has 4 heteroatoms. The molecule has 1 aromatic heterocycles. The fourth-order valence-electron chi connectivity index (χ4n) is 1.05. The Hall–Kier alpha value is -1.34. The molecule has 2 unspecified atom stereocenters. The lowest BCUT2D eigenvalue weighted by Crippen LogP contribution is -2.28. The molecular weight excluding hydrogens is 164 g/mol. The minimum atomic E-state index is 0.0406. The van der Waals surface area contributed by atoms with E-state index in [1.54, 1.807) is 11.0 Å². The Bertz CT molecular complexity index is 310. The fraction of sp³-hybridized carbons (Fsp3) is 0.556. The lowest BCUT2D eigenvalue weighted by Gasteiger charge is -2.12. The van der Waals surface area contributed by atoms with Gasteiger partial charge in [0, 0.05) is 7.05 Å². The van der Waals surface area contributed by atoms with Gasteiger partial charge in [-0.1, -0.05) is 5.92 Å². The number of terminal acetylenes is 1. The molecule has 0 amide bonds. The number of rotatable bonds is 3. The Labute approximate surface area is 78.4 Å². The van der Waals surface area contributed by atoms with Crippen LogP contribution in [0.5, 0.6) is 0 Å². The summed E-state index contributed by atoms with van der Waals surface area (Å²) in [5.74, 6) is 3.37. The third-order valence-electron chi connectivity index (χ3n) is 1.75. The van der Waals surface area contributed by atoms with Crippen molar-refractivity contribution >= 4 is 0 Å². The van der Waals surface area contributed by atoms with Gasteiger partial charge in [-0.05, 0) is 13.8 Å². The van der Waals surface area contributed by atoms with E-state index in [1.165, 1.54) is 0 Å². The molecule has 0 aliphatic heterocycles. The molecule has 0 spiro atoms. The summed E-state index contributed by atoms with van der Waals surface area (Å²) in [7, 11) is 1.84. The molecule has 0 bridgehead atoms. The van der Waals surface area contributed by atoms with Crippen LogP contribution in [0.3, 0.4) is 0 Å². The maximum Gasteiger partial charge on any atom is 0.167 e. The van der Waals surface area contributed by atoms with Crippen LogP contribution in [0, 0.1) is 12.3 Å². The number of nitrogens with one attached hydrogen (secondary N) is 1. The Morgan fingerprint density at radius 2 is 2.31 bits per heavy atom. The number of nitrogens with zero attached hydrogens (tertiary/aromatic N) is 3. The van der Waals surface area contributed by atoms with Crippen LogP contribution in [0.25, 0.3) is 0 Å². The maximum atomic E-state index is 5.25. The smallest absolute Gasteiger partial charge is 0.167 e. The molecule has 0 saturated heterocycles. The van der Waals surface area contributed by atoms with Crippen molar-refractivity contribution in [2.24, 2.45) is 7.05 Å². The lowest BCUT2D eigenvalue weighted by atomic mass is 10.2. The summed E-state index contributed by atoms with van der Waals surface area (Å²) in [6, 6.07) is 0.131. The first-order chi connectivity index (χ1) is 6.13. The minimum absolute atomic E-state index is 0.0406. The molecule has 1 N–H and O–H groups in total. The highest BCUT2D eigenvalue weighted by Gasteiger charge is 2.10. The zero-order chi connectivity index (χ0) is 9.84. The van der Waals surface area contributed by atoms with Gasteiger partial charge in [-0.2, -0.15) is 5.10 Å². The maximum absolute atomic E-state index is 5.25. The molecule has 13 heavy (non-hydrogen) atoms. The van der Waals surface area contributed by atoms with E-state index in [1.807, 2.05) is 20.9 Å². The predicted molar refractivity (Wildman–Crippen MR) is 50.8 cm³/mol. The zero-order valence-electron chi connectivity index (χ0n) is 8.15. The van der Waals surface area contributed by atoms with Crippen LogP contribution in [0.15, 0.2) is 6.33 Å². The highest BCUT2D eigenvalue weighted by Crippen LogP contribution is 2.05. The molecule has 70 valence electrons. The van der Waals surface area contributed by atoms with Crippen molar-refractivity contribution in [3.8, 4) is 12.3 Å². The van der Waals surface area contributed by atoms with Crippen molar-refractivity contribution in [2.45, 2.75) is 25.9 Å². The molecule has 1 aromatic rings. The first kappa shape index (κ1) is 9.75. The topological polar surface area (TPSA) is 42.7 Å². The van der Waals surface area contributed by atoms with E-state index in [2.05, 4.69) is 21.3 Å². The Morgan fingerprint density at radius 1 is 1.62 bits per heavy atom. The van der Waals surface area contributed by atoms with Crippen LogP contribution >= 0.6 is 0 Å². The van der Waals surface area contributed by atoms with Crippen LogP contribution in [-0.4, -0.2) is 20.8 Å². The van der Waals surface area contributed by atoms with Crippen molar-refractivity contribution in [1.82, 2.24) is 20.1 Å². The predicted octanol–water partition coefficient (Wildman–Crippen LogP) is 0.487. The van der Waals surface area contributed by atoms with Crippen LogP contribution < -0.4 is 5.32 Å². The van der Waals surface area contributed by atoms with Gasteiger partial charge in [-0.25, -0.2) is 4.98 Å². The third-order valence-corrected chi connectivity index (χ3v) is 1.75. The van der Waals surface area contributed by atoms with Gasteiger partial charge in [0.05, 0.1) is 12.1 Å². The molecule has 1 rings (SSSR count). The van der Waals surface area contributed by atoms with E-state index in [0.717, 1.165) is 5.82 Å². The fourth-order valence-corrected chi connectivity index (χ4v) is 1.05. The highest BCUT2D eigenvalue weighted by molar-refractivity contribution is 5.00. The molecule has 0 aromatic carbocycles. The van der Waals surface area contributed by atoms with E-state index in [4.69, 9.17) is 6.42 Å². The van der Waals surface area contributed by atoms with Gasteiger partial charge < -0.3 is 0 Å². The Morgan fingerprint density at radius 3 is 2.77 bits per heavy atom. The molecule has 0 fully saturated rings. The quantitative estimate of drug-likeness (QED) is 0.685. The standard InChI is InChI=1S/C9H14N4/c1-5-7(2)11-8(3)9-10-6-13(4)12-9/h1,6-8,11H,2-4H3. The van der Waals surface area contributed by atoms with Gasteiger partial charge in [0.2, 0.25) is 0 Å². The van der Waals surface area contributed by atoms with Crippen LogP contribution in [0.1, 0.15) is 25.7 Å². The van der Waals surface area contributed by atoms with E-state index >= 15 is 0 Å². The Balaban J connectivity index is 2.59. The molecule has 4 nitrogen and oxygen atoms in total. The highest BCUT2D eigenvalue weighted by atomic mass is 15.3. The molecule has 2 atom stereocenters. The summed E-state index contributed by atoms with van der Waals surface area (Å²) in [6.45, 7) is 3.92. The lowest BCUT2D eigenvalue weighted by molar-refractivity contribution is 0.518. The van der Waals surface area contributed by atoms with E-state index in [-0.39, 0.29) is 12.1 Å². The normalized spacial score (nSPS) is 14.9.